The molecule has 1 saturated heterocycles. The summed E-state index contributed by atoms with van der Waals surface area (Å²) < 4.78 is 40.3. The van der Waals surface area contributed by atoms with E-state index in [1.165, 1.54) is 6.07 Å². The predicted molar refractivity (Wildman–Crippen MR) is 82.7 cm³/mol. The molecule has 0 aliphatic carbocycles. The first-order valence-corrected chi connectivity index (χ1v) is 8.06. The third-order valence-electron chi connectivity index (χ3n) is 3.70. The van der Waals surface area contributed by atoms with Gasteiger partial charge in [0.2, 0.25) is 0 Å². The SMILES string of the molecule is CCCN(CC1CCCN1)c1ccc(Br)cc1C(F)(F)F. The number of anilines is 1. The molecule has 6 heteroatoms. The fourth-order valence-corrected chi connectivity index (χ4v) is 3.13. The Morgan fingerprint density at radius 2 is 2.14 bits per heavy atom. The molecule has 1 atom stereocenters. The Labute approximate surface area is 131 Å². The van der Waals surface area contributed by atoms with E-state index in [0.29, 0.717) is 17.6 Å². The Hall–Kier alpha value is -0.750. The van der Waals surface area contributed by atoms with Crippen LogP contribution >= 0.6 is 15.9 Å². The van der Waals surface area contributed by atoms with Crippen LogP contribution in [-0.2, 0) is 6.18 Å². The van der Waals surface area contributed by atoms with E-state index in [4.69, 9.17) is 0 Å². The van der Waals surface area contributed by atoms with E-state index in [9.17, 15) is 13.2 Å². The zero-order valence-electron chi connectivity index (χ0n) is 12.0. The summed E-state index contributed by atoms with van der Waals surface area (Å²) in [6, 6.07) is 4.69. The number of hydrogen-bond donors (Lipinski definition) is 1. The van der Waals surface area contributed by atoms with Crippen LogP contribution in [0.2, 0.25) is 0 Å². The van der Waals surface area contributed by atoms with Crippen LogP contribution in [0.1, 0.15) is 31.7 Å². The van der Waals surface area contributed by atoms with E-state index in [1.54, 1.807) is 12.1 Å². The number of nitrogens with zero attached hydrogens (tertiary/aromatic N) is 1. The van der Waals surface area contributed by atoms with Crippen molar-refractivity contribution in [1.29, 1.82) is 0 Å². The van der Waals surface area contributed by atoms with Gasteiger partial charge < -0.3 is 10.2 Å². The van der Waals surface area contributed by atoms with Gasteiger partial charge in [-0.05, 0) is 44.0 Å². The summed E-state index contributed by atoms with van der Waals surface area (Å²) in [6.45, 7) is 4.19. The van der Waals surface area contributed by atoms with Crippen molar-refractivity contribution < 1.29 is 13.2 Å². The first-order chi connectivity index (χ1) is 9.91. The fourth-order valence-electron chi connectivity index (χ4n) is 2.77. The fraction of sp³-hybridized carbons (Fsp3) is 0.600. The van der Waals surface area contributed by atoms with Gasteiger partial charge >= 0.3 is 6.18 Å². The Morgan fingerprint density at radius 1 is 1.38 bits per heavy atom. The molecule has 2 rings (SSSR count). The normalized spacial score (nSPS) is 19.0. The minimum absolute atomic E-state index is 0.279. The summed E-state index contributed by atoms with van der Waals surface area (Å²) >= 11 is 3.13. The van der Waals surface area contributed by atoms with Crippen LogP contribution < -0.4 is 10.2 Å². The molecular formula is C15H20BrF3N2. The van der Waals surface area contributed by atoms with E-state index in [1.807, 2.05) is 11.8 Å². The van der Waals surface area contributed by atoms with Crippen LogP contribution in [-0.4, -0.2) is 25.7 Å². The van der Waals surface area contributed by atoms with Crippen molar-refractivity contribution in [2.75, 3.05) is 24.5 Å². The minimum Gasteiger partial charge on any atom is -0.369 e. The number of hydrogen-bond acceptors (Lipinski definition) is 2. The van der Waals surface area contributed by atoms with E-state index in [0.717, 1.165) is 25.8 Å². The second kappa shape index (κ2) is 7.01. The highest BCUT2D eigenvalue weighted by molar-refractivity contribution is 9.10. The lowest BCUT2D eigenvalue weighted by molar-refractivity contribution is -0.137. The third kappa shape index (κ3) is 4.36. The van der Waals surface area contributed by atoms with Crippen molar-refractivity contribution in [2.45, 2.75) is 38.4 Å². The van der Waals surface area contributed by atoms with E-state index >= 15 is 0 Å². The third-order valence-corrected chi connectivity index (χ3v) is 4.19. The van der Waals surface area contributed by atoms with Crippen molar-refractivity contribution in [3.63, 3.8) is 0 Å². The molecule has 1 aliphatic rings. The van der Waals surface area contributed by atoms with E-state index in [2.05, 4.69) is 21.2 Å². The predicted octanol–water partition coefficient (Wildman–Crippen LogP) is 4.44. The molecular weight excluding hydrogens is 345 g/mol. The number of benzene rings is 1. The molecule has 0 radical (unpaired) electrons. The lowest BCUT2D eigenvalue weighted by atomic mass is 10.1. The molecule has 2 nitrogen and oxygen atoms in total. The molecule has 21 heavy (non-hydrogen) atoms. The number of nitrogens with one attached hydrogen (secondary N) is 1. The van der Waals surface area contributed by atoms with Crippen molar-refractivity contribution >= 4 is 21.6 Å². The molecule has 0 bridgehead atoms. The highest BCUT2D eigenvalue weighted by atomic mass is 79.9. The van der Waals surface area contributed by atoms with Crippen LogP contribution in [0.25, 0.3) is 0 Å². The smallest absolute Gasteiger partial charge is 0.369 e. The molecule has 0 amide bonds. The number of rotatable bonds is 5. The second-order valence-corrected chi connectivity index (χ2v) is 6.31. The molecule has 0 spiro atoms. The Bertz CT molecular complexity index is 470. The van der Waals surface area contributed by atoms with Gasteiger partial charge in [-0.25, -0.2) is 0 Å². The molecule has 1 aliphatic heterocycles. The second-order valence-electron chi connectivity index (χ2n) is 5.40. The summed E-state index contributed by atoms with van der Waals surface area (Å²) in [4.78, 5) is 1.86. The van der Waals surface area contributed by atoms with Gasteiger partial charge in [-0.2, -0.15) is 13.2 Å². The molecule has 1 aromatic rings. The van der Waals surface area contributed by atoms with Crippen LogP contribution in [0.15, 0.2) is 22.7 Å². The monoisotopic (exact) mass is 364 g/mol. The van der Waals surface area contributed by atoms with Gasteiger partial charge in [-0.1, -0.05) is 22.9 Å². The first kappa shape index (κ1) is 16.6. The van der Waals surface area contributed by atoms with Crippen molar-refractivity contribution in [2.24, 2.45) is 0 Å². The Kier molecular flexibility index (Phi) is 5.54. The van der Waals surface area contributed by atoms with Gasteiger partial charge in [0.25, 0.3) is 0 Å². The summed E-state index contributed by atoms with van der Waals surface area (Å²) in [5.41, 5.74) is -0.287. The number of halogens is 4. The average Bonchev–Trinajstić information content (AvgIpc) is 2.90. The quantitative estimate of drug-likeness (QED) is 0.830. The molecule has 1 N–H and O–H groups in total. The van der Waals surface area contributed by atoms with E-state index < -0.39 is 11.7 Å². The van der Waals surface area contributed by atoms with Crippen molar-refractivity contribution in [3.05, 3.63) is 28.2 Å². The van der Waals surface area contributed by atoms with E-state index in [-0.39, 0.29) is 11.7 Å². The lowest BCUT2D eigenvalue weighted by Gasteiger charge is -2.30. The zero-order valence-corrected chi connectivity index (χ0v) is 13.6. The van der Waals surface area contributed by atoms with Gasteiger partial charge in [-0.3, -0.25) is 0 Å². The number of alkyl halides is 3. The van der Waals surface area contributed by atoms with Gasteiger partial charge in [0.15, 0.2) is 0 Å². The van der Waals surface area contributed by atoms with Gasteiger partial charge in [0, 0.05) is 29.3 Å². The molecule has 118 valence electrons. The largest absolute Gasteiger partial charge is 0.418 e. The lowest BCUT2D eigenvalue weighted by Crippen LogP contribution is -2.39. The zero-order chi connectivity index (χ0) is 15.5. The maximum atomic E-state index is 13.3. The van der Waals surface area contributed by atoms with Crippen LogP contribution in [0, 0.1) is 0 Å². The summed E-state index contributed by atoms with van der Waals surface area (Å²) in [5.74, 6) is 0. The molecule has 1 heterocycles. The van der Waals surface area contributed by atoms with Crippen molar-refractivity contribution in [1.82, 2.24) is 5.32 Å². The molecule has 0 saturated carbocycles. The summed E-state index contributed by atoms with van der Waals surface area (Å²) in [7, 11) is 0. The van der Waals surface area contributed by atoms with Gasteiger partial charge in [0.1, 0.15) is 0 Å². The van der Waals surface area contributed by atoms with Crippen LogP contribution in [0.3, 0.4) is 0 Å². The molecule has 1 aromatic carbocycles. The Balaban J connectivity index is 2.30. The molecule has 1 unspecified atom stereocenters. The standard InChI is InChI=1S/C15H20BrF3N2/c1-2-8-21(10-12-4-3-7-20-12)14-6-5-11(16)9-13(14)15(17,18)19/h5-6,9,12,20H,2-4,7-8,10H2,1H3. The van der Waals surface area contributed by atoms with Gasteiger partial charge in [-0.15, -0.1) is 0 Å². The van der Waals surface area contributed by atoms with Gasteiger partial charge in [0.05, 0.1) is 5.56 Å². The Morgan fingerprint density at radius 3 is 2.71 bits per heavy atom. The summed E-state index contributed by atoms with van der Waals surface area (Å²) in [6.07, 6.45) is -1.40. The van der Waals surface area contributed by atoms with Crippen LogP contribution in [0.4, 0.5) is 18.9 Å². The molecule has 0 aromatic heterocycles. The minimum atomic E-state index is -4.34. The first-order valence-electron chi connectivity index (χ1n) is 7.27. The van der Waals surface area contributed by atoms with Crippen LogP contribution in [0.5, 0.6) is 0 Å². The average molecular weight is 365 g/mol. The maximum Gasteiger partial charge on any atom is 0.418 e. The maximum absolute atomic E-state index is 13.3. The highest BCUT2D eigenvalue weighted by Gasteiger charge is 2.35. The molecule has 1 fully saturated rings. The highest BCUT2D eigenvalue weighted by Crippen LogP contribution is 2.38. The summed E-state index contributed by atoms with van der Waals surface area (Å²) in [5, 5.41) is 3.35. The van der Waals surface area contributed by atoms with Crippen molar-refractivity contribution in [3.8, 4) is 0 Å². The topological polar surface area (TPSA) is 15.3 Å².